The van der Waals surface area contributed by atoms with E-state index in [2.05, 4.69) is 33.4 Å². The molecule has 0 saturated heterocycles. The summed E-state index contributed by atoms with van der Waals surface area (Å²) in [4.78, 5) is 0. The molecule has 0 aromatic carbocycles. The molecular weight excluding hydrogens is 208 g/mol. The molecule has 94 valence electrons. The first-order chi connectivity index (χ1) is 7.74. The summed E-state index contributed by atoms with van der Waals surface area (Å²) in [6.45, 7) is 11.5. The quantitative estimate of drug-likeness (QED) is 0.415. The van der Waals surface area contributed by atoms with Crippen molar-refractivity contribution in [1.82, 2.24) is 0 Å². The molecule has 16 heavy (non-hydrogen) atoms. The molecule has 1 heteroatoms. The summed E-state index contributed by atoms with van der Waals surface area (Å²) in [6.07, 6.45) is 9.71. The van der Waals surface area contributed by atoms with E-state index < -0.39 is 8.07 Å². The van der Waals surface area contributed by atoms with Crippen molar-refractivity contribution in [3.8, 4) is 0 Å². The highest BCUT2D eigenvalue weighted by Gasteiger charge is 2.39. The smallest absolute Gasteiger partial charge is 0.0600 e. The van der Waals surface area contributed by atoms with Gasteiger partial charge in [-0.15, -0.1) is 6.58 Å². The van der Waals surface area contributed by atoms with Crippen molar-refractivity contribution < 1.29 is 0 Å². The topological polar surface area (TPSA) is 0 Å². The molecule has 0 aromatic heterocycles. The molecule has 0 aliphatic heterocycles. The Kier molecular flexibility index (Phi) is 5.81. The summed E-state index contributed by atoms with van der Waals surface area (Å²) in [6, 6.07) is 4.35. The van der Waals surface area contributed by atoms with Gasteiger partial charge in [0.1, 0.15) is 0 Å². The maximum absolute atomic E-state index is 4.18. The number of hydrogen-bond acceptors (Lipinski definition) is 0. The predicted molar refractivity (Wildman–Crippen MR) is 77.7 cm³/mol. The zero-order chi connectivity index (χ0) is 12.0. The molecule has 0 radical (unpaired) electrons. The van der Waals surface area contributed by atoms with Gasteiger partial charge in [-0.1, -0.05) is 77.1 Å². The highest BCUT2D eigenvalue weighted by atomic mass is 28.3. The first-order valence-corrected chi connectivity index (χ1v) is 10.1. The lowest BCUT2D eigenvalue weighted by Crippen LogP contribution is -2.40. The summed E-state index contributed by atoms with van der Waals surface area (Å²) in [5.74, 6) is 0.984. The maximum atomic E-state index is 4.18. The van der Waals surface area contributed by atoms with Crippen molar-refractivity contribution in [2.45, 2.75) is 76.5 Å². The van der Waals surface area contributed by atoms with E-state index in [1.807, 2.05) is 0 Å². The van der Waals surface area contributed by atoms with Gasteiger partial charge >= 0.3 is 0 Å². The van der Waals surface area contributed by atoms with Gasteiger partial charge in [0.15, 0.2) is 0 Å². The molecule has 0 spiro atoms. The van der Waals surface area contributed by atoms with Crippen molar-refractivity contribution in [2.24, 2.45) is 5.92 Å². The Morgan fingerprint density at radius 2 is 1.56 bits per heavy atom. The lowest BCUT2D eigenvalue weighted by molar-refractivity contribution is 0.355. The Bertz CT molecular complexity index is 191. The normalized spacial score (nSPS) is 20.7. The van der Waals surface area contributed by atoms with Crippen LogP contribution in [0.5, 0.6) is 0 Å². The van der Waals surface area contributed by atoms with Crippen LogP contribution in [-0.2, 0) is 0 Å². The SMILES string of the molecule is C=CC(C1CCCCC1)[Si](CC)(CC)CC. The third kappa shape index (κ3) is 2.79. The second-order valence-electron chi connectivity index (χ2n) is 5.58. The Hall–Kier alpha value is -0.0431. The van der Waals surface area contributed by atoms with E-state index in [1.165, 1.54) is 50.2 Å². The Labute approximate surface area is 104 Å². The monoisotopic (exact) mass is 238 g/mol. The largest absolute Gasteiger partial charge is 0.103 e. The highest BCUT2D eigenvalue weighted by molar-refractivity contribution is 6.81. The van der Waals surface area contributed by atoms with Gasteiger partial charge in [-0.2, -0.15) is 0 Å². The maximum Gasteiger partial charge on any atom is 0.0600 e. The van der Waals surface area contributed by atoms with Crippen molar-refractivity contribution in [3.63, 3.8) is 0 Å². The van der Waals surface area contributed by atoms with Crippen LogP contribution in [0.25, 0.3) is 0 Å². The molecule has 1 aliphatic rings. The lowest BCUT2D eigenvalue weighted by Gasteiger charge is -2.41. The van der Waals surface area contributed by atoms with Crippen molar-refractivity contribution in [1.29, 1.82) is 0 Å². The minimum absolute atomic E-state index is 0.896. The van der Waals surface area contributed by atoms with E-state index in [0.29, 0.717) is 0 Å². The van der Waals surface area contributed by atoms with Crippen LogP contribution in [0.2, 0.25) is 23.7 Å². The Morgan fingerprint density at radius 3 is 1.94 bits per heavy atom. The van der Waals surface area contributed by atoms with Gasteiger partial charge in [-0.3, -0.25) is 0 Å². The average Bonchev–Trinajstić information content (AvgIpc) is 2.37. The molecule has 1 atom stereocenters. The van der Waals surface area contributed by atoms with E-state index in [0.717, 1.165) is 11.5 Å². The van der Waals surface area contributed by atoms with E-state index in [9.17, 15) is 0 Å². The molecule has 1 unspecified atom stereocenters. The standard InChI is InChI=1S/C15H30Si/c1-5-15(14-12-10-9-11-13-14)16(6-2,7-3)8-4/h5,14-15H,1,6-13H2,2-4H3. The molecule has 1 saturated carbocycles. The van der Waals surface area contributed by atoms with Crippen molar-refractivity contribution in [2.75, 3.05) is 0 Å². The van der Waals surface area contributed by atoms with Crippen LogP contribution < -0.4 is 0 Å². The molecule has 0 bridgehead atoms. The van der Waals surface area contributed by atoms with Crippen molar-refractivity contribution >= 4 is 8.07 Å². The number of hydrogen-bond donors (Lipinski definition) is 0. The molecule has 1 rings (SSSR count). The summed E-state index contributed by atoms with van der Waals surface area (Å²) < 4.78 is 0. The van der Waals surface area contributed by atoms with Gasteiger partial charge in [-0.25, -0.2) is 0 Å². The molecular formula is C15H30Si. The summed E-state index contributed by atoms with van der Waals surface area (Å²) in [5.41, 5.74) is 0.896. The summed E-state index contributed by atoms with van der Waals surface area (Å²) >= 11 is 0. The zero-order valence-corrected chi connectivity index (χ0v) is 12.6. The van der Waals surface area contributed by atoms with Crippen LogP contribution in [0.4, 0.5) is 0 Å². The van der Waals surface area contributed by atoms with Crippen LogP contribution in [0.1, 0.15) is 52.9 Å². The number of allylic oxidation sites excluding steroid dienone is 1. The van der Waals surface area contributed by atoms with Crippen LogP contribution in [0.15, 0.2) is 12.7 Å². The molecule has 0 nitrogen and oxygen atoms in total. The summed E-state index contributed by atoms with van der Waals surface area (Å²) in [5, 5.41) is 0. The summed E-state index contributed by atoms with van der Waals surface area (Å²) in [7, 11) is -1.05. The third-order valence-electron chi connectivity index (χ3n) is 5.23. The van der Waals surface area contributed by atoms with Crippen LogP contribution in [0, 0.1) is 5.92 Å². The van der Waals surface area contributed by atoms with Gasteiger partial charge in [-0.05, 0) is 11.5 Å². The van der Waals surface area contributed by atoms with E-state index in [-0.39, 0.29) is 0 Å². The van der Waals surface area contributed by atoms with E-state index >= 15 is 0 Å². The Morgan fingerprint density at radius 1 is 1.06 bits per heavy atom. The van der Waals surface area contributed by atoms with Gasteiger partial charge in [0.05, 0.1) is 8.07 Å². The second kappa shape index (κ2) is 6.63. The number of rotatable bonds is 6. The fraction of sp³-hybridized carbons (Fsp3) is 0.867. The molecule has 0 N–H and O–H groups in total. The van der Waals surface area contributed by atoms with Crippen LogP contribution in [0.3, 0.4) is 0 Å². The minimum atomic E-state index is -1.05. The lowest BCUT2D eigenvalue weighted by atomic mass is 9.86. The average molecular weight is 238 g/mol. The fourth-order valence-electron chi connectivity index (χ4n) is 3.89. The van der Waals surface area contributed by atoms with Crippen molar-refractivity contribution in [3.05, 3.63) is 12.7 Å². The van der Waals surface area contributed by atoms with Crippen LogP contribution in [-0.4, -0.2) is 8.07 Å². The molecule has 0 aromatic rings. The Balaban J connectivity index is 2.80. The first-order valence-electron chi connectivity index (χ1n) is 7.36. The van der Waals surface area contributed by atoms with Gasteiger partial charge in [0.25, 0.3) is 0 Å². The second-order valence-corrected chi connectivity index (χ2v) is 11.1. The predicted octanol–water partition coefficient (Wildman–Crippen LogP) is 5.63. The molecule has 1 fully saturated rings. The zero-order valence-electron chi connectivity index (χ0n) is 11.6. The minimum Gasteiger partial charge on any atom is -0.103 e. The molecule has 1 aliphatic carbocycles. The third-order valence-corrected chi connectivity index (χ3v) is 11.6. The van der Waals surface area contributed by atoms with Gasteiger partial charge < -0.3 is 0 Å². The van der Waals surface area contributed by atoms with Gasteiger partial charge in [0, 0.05) is 0 Å². The van der Waals surface area contributed by atoms with E-state index in [1.54, 1.807) is 0 Å². The van der Waals surface area contributed by atoms with Crippen LogP contribution >= 0.6 is 0 Å². The molecule has 0 heterocycles. The molecule has 0 amide bonds. The first kappa shape index (κ1) is 14.0. The van der Waals surface area contributed by atoms with Gasteiger partial charge in [0.2, 0.25) is 0 Å². The fourth-order valence-corrected chi connectivity index (χ4v) is 8.64. The van der Waals surface area contributed by atoms with E-state index in [4.69, 9.17) is 0 Å². The highest BCUT2D eigenvalue weighted by Crippen LogP contribution is 2.44.